The lowest BCUT2D eigenvalue weighted by atomic mass is 10.1. The molecule has 0 radical (unpaired) electrons. The van der Waals surface area contributed by atoms with Crippen molar-refractivity contribution in [3.8, 4) is 11.8 Å². The van der Waals surface area contributed by atoms with Crippen LogP contribution in [-0.4, -0.2) is 23.5 Å². The van der Waals surface area contributed by atoms with Gasteiger partial charge in [-0.2, -0.15) is 0 Å². The van der Waals surface area contributed by atoms with Gasteiger partial charge in [0.15, 0.2) is 0 Å². The second kappa shape index (κ2) is 5.48. The van der Waals surface area contributed by atoms with Gasteiger partial charge in [0.1, 0.15) is 6.61 Å². The van der Waals surface area contributed by atoms with Crippen LogP contribution in [0.5, 0.6) is 0 Å². The number of hydrogen-bond acceptors (Lipinski definition) is 3. The number of piperidine rings is 1. The summed E-state index contributed by atoms with van der Waals surface area (Å²) in [6.45, 7) is -0.254. The van der Waals surface area contributed by atoms with E-state index in [-0.39, 0.29) is 18.4 Å². The van der Waals surface area contributed by atoms with Gasteiger partial charge in [0.05, 0.1) is 5.69 Å². The molecular formula is C14H13NO3. The SMILES string of the molecule is O=C1CCCC(=O)N1c1ccccc1C#CCO. The fraction of sp³-hybridized carbons (Fsp3) is 0.286. The van der Waals surface area contributed by atoms with Crippen molar-refractivity contribution in [3.05, 3.63) is 29.8 Å². The van der Waals surface area contributed by atoms with Crippen LogP contribution in [-0.2, 0) is 9.59 Å². The van der Waals surface area contributed by atoms with E-state index in [0.29, 0.717) is 30.5 Å². The number of carbonyl (C=O) groups excluding carboxylic acids is 2. The van der Waals surface area contributed by atoms with Crippen molar-refractivity contribution < 1.29 is 14.7 Å². The molecule has 1 heterocycles. The Hall–Kier alpha value is -2.12. The molecule has 1 aromatic rings. The largest absolute Gasteiger partial charge is 0.384 e. The minimum Gasteiger partial charge on any atom is -0.384 e. The van der Waals surface area contributed by atoms with Gasteiger partial charge in [-0.3, -0.25) is 9.59 Å². The monoisotopic (exact) mass is 243 g/mol. The number of hydrogen-bond donors (Lipinski definition) is 1. The second-order valence-electron chi connectivity index (χ2n) is 3.95. The highest BCUT2D eigenvalue weighted by atomic mass is 16.2. The zero-order valence-corrected chi connectivity index (χ0v) is 9.85. The molecule has 0 aromatic heterocycles. The van der Waals surface area contributed by atoms with E-state index in [4.69, 9.17) is 5.11 Å². The van der Waals surface area contributed by atoms with Crippen LogP contribution in [0.25, 0.3) is 0 Å². The summed E-state index contributed by atoms with van der Waals surface area (Å²) in [6.07, 6.45) is 1.37. The third-order valence-electron chi connectivity index (χ3n) is 2.73. The van der Waals surface area contributed by atoms with Crippen molar-refractivity contribution in [1.82, 2.24) is 0 Å². The van der Waals surface area contributed by atoms with E-state index < -0.39 is 0 Å². The van der Waals surface area contributed by atoms with Crippen LogP contribution >= 0.6 is 0 Å². The molecule has 0 aliphatic carbocycles. The molecule has 2 amide bonds. The summed E-state index contributed by atoms with van der Waals surface area (Å²) >= 11 is 0. The molecule has 18 heavy (non-hydrogen) atoms. The molecule has 0 saturated carbocycles. The first-order valence-corrected chi connectivity index (χ1v) is 5.78. The molecule has 1 saturated heterocycles. The van der Waals surface area contributed by atoms with Crippen LogP contribution in [0, 0.1) is 11.8 Å². The fourth-order valence-electron chi connectivity index (χ4n) is 1.93. The lowest BCUT2D eigenvalue weighted by Gasteiger charge is -2.25. The number of nitrogens with zero attached hydrogens (tertiary/aromatic N) is 1. The Morgan fingerprint density at radius 1 is 1.17 bits per heavy atom. The number of rotatable bonds is 1. The Morgan fingerprint density at radius 2 is 1.83 bits per heavy atom. The standard InChI is InChI=1S/C14H13NO3/c16-10-4-6-11-5-1-2-7-12(11)15-13(17)8-3-9-14(15)18/h1-2,5,7,16H,3,8-10H2. The minimum absolute atomic E-state index is 0.190. The Balaban J connectivity index is 2.43. The molecule has 2 rings (SSSR count). The molecule has 0 spiro atoms. The van der Waals surface area contributed by atoms with Gasteiger partial charge in [-0.05, 0) is 18.6 Å². The second-order valence-corrected chi connectivity index (χ2v) is 3.95. The third-order valence-corrected chi connectivity index (χ3v) is 2.73. The minimum atomic E-state index is -0.254. The average molecular weight is 243 g/mol. The normalized spacial score (nSPS) is 15.3. The lowest BCUT2D eigenvalue weighted by molar-refractivity contribution is -0.129. The van der Waals surface area contributed by atoms with E-state index in [1.54, 1.807) is 24.3 Å². The quantitative estimate of drug-likeness (QED) is 0.593. The van der Waals surface area contributed by atoms with Crippen molar-refractivity contribution in [2.24, 2.45) is 0 Å². The maximum Gasteiger partial charge on any atom is 0.233 e. The predicted molar refractivity (Wildman–Crippen MR) is 66.7 cm³/mol. The van der Waals surface area contributed by atoms with Gasteiger partial charge in [-0.15, -0.1) is 0 Å². The van der Waals surface area contributed by atoms with Crippen molar-refractivity contribution >= 4 is 17.5 Å². The van der Waals surface area contributed by atoms with E-state index >= 15 is 0 Å². The zero-order valence-electron chi connectivity index (χ0n) is 9.85. The van der Waals surface area contributed by atoms with Crippen LogP contribution in [0.2, 0.25) is 0 Å². The Labute approximate surface area is 105 Å². The smallest absolute Gasteiger partial charge is 0.233 e. The third kappa shape index (κ3) is 2.41. The van der Waals surface area contributed by atoms with Crippen molar-refractivity contribution in [1.29, 1.82) is 0 Å². The Bertz CT molecular complexity index is 523. The molecule has 1 fully saturated rings. The first-order valence-electron chi connectivity index (χ1n) is 5.78. The summed E-state index contributed by atoms with van der Waals surface area (Å²) < 4.78 is 0. The molecule has 0 bridgehead atoms. The number of amides is 2. The highest BCUT2D eigenvalue weighted by Crippen LogP contribution is 2.25. The fourth-order valence-corrected chi connectivity index (χ4v) is 1.93. The first-order chi connectivity index (χ1) is 8.74. The molecule has 1 aromatic carbocycles. The number of imide groups is 1. The molecule has 4 heteroatoms. The maximum absolute atomic E-state index is 11.8. The summed E-state index contributed by atoms with van der Waals surface area (Å²) in [5.74, 6) is 4.90. The van der Waals surface area contributed by atoms with Crippen LogP contribution in [0.15, 0.2) is 24.3 Å². The molecule has 0 unspecified atom stereocenters. The van der Waals surface area contributed by atoms with Crippen LogP contribution in [0.1, 0.15) is 24.8 Å². The van der Waals surface area contributed by atoms with E-state index in [1.165, 1.54) is 4.90 Å². The number of benzene rings is 1. The summed E-state index contributed by atoms with van der Waals surface area (Å²) in [5.41, 5.74) is 1.09. The van der Waals surface area contributed by atoms with Crippen molar-refractivity contribution in [2.75, 3.05) is 11.5 Å². The van der Waals surface area contributed by atoms with Gasteiger partial charge in [0.2, 0.25) is 11.8 Å². The maximum atomic E-state index is 11.8. The van der Waals surface area contributed by atoms with E-state index in [0.717, 1.165) is 0 Å². The van der Waals surface area contributed by atoms with Crippen molar-refractivity contribution in [2.45, 2.75) is 19.3 Å². The van der Waals surface area contributed by atoms with Gasteiger partial charge < -0.3 is 5.11 Å². The molecule has 0 atom stereocenters. The van der Waals surface area contributed by atoms with Gasteiger partial charge in [-0.1, -0.05) is 24.0 Å². The molecule has 1 N–H and O–H groups in total. The number of aliphatic hydroxyl groups excluding tert-OH is 1. The number of aliphatic hydroxyl groups is 1. The topological polar surface area (TPSA) is 57.6 Å². The summed E-state index contributed by atoms with van der Waals surface area (Å²) in [7, 11) is 0. The molecule has 1 aliphatic heterocycles. The Kier molecular flexibility index (Phi) is 3.75. The predicted octanol–water partition coefficient (Wildman–Crippen LogP) is 1.07. The lowest BCUT2D eigenvalue weighted by Crippen LogP contribution is -2.40. The van der Waals surface area contributed by atoms with Gasteiger partial charge >= 0.3 is 0 Å². The molecule has 92 valence electrons. The zero-order chi connectivity index (χ0) is 13.0. The summed E-state index contributed by atoms with van der Waals surface area (Å²) in [6, 6.07) is 6.97. The van der Waals surface area contributed by atoms with E-state index in [9.17, 15) is 9.59 Å². The highest BCUT2D eigenvalue weighted by Gasteiger charge is 2.28. The van der Waals surface area contributed by atoms with Gasteiger partial charge in [0.25, 0.3) is 0 Å². The van der Waals surface area contributed by atoms with Crippen molar-refractivity contribution in [3.63, 3.8) is 0 Å². The van der Waals surface area contributed by atoms with E-state index in [1.807, 2.05) is 0 Å². The molecule has 4 nitrogen and oxygen atoms in total. The van der Waals surface area contributed by atoms with Gasteiger partial charge in [-0.25, -0.2) is 4.90 Å². The van der Waals surface area contributed by atoms with Gasteiger partial charge in [0, 0.05) is 18.4 Å². The highest BCUT2D eigenvalue weighted by molar-refractivity contribution is 6.17. The van der Waals surface area contributed by atoms with Crippen LogP contribution in [0.4, 0.5) is 5.69 Å². The average Bonchev–Trinajstić information content (AvgIpc) is 2.37. The number of carbonyl (C=O) groups is 2. The summed E-state index contributed by atoms with van der Waals surface area (Å²) in [4.78, 5) is 24.9. The van der Waals surface area contributed by atoms with Crippen LogP contribution < -0.4 is 4.90 Å². The van der Waals surface area contributed by atoms with Crippen LogP contribution in [0.3, 0.4) is 0 Å². The molecule has 1 aliphatic rings. The Morgan fingerprint density at radius 3 is 2.50 bits per heavy atom. The van der Waals surface area contributed by atoms with E-state index in [2.05, 4.69) is 11.8 Å². The summed E-state index contributed by atoms with van der Waals surface area (Å²) in [5, 5.41) is 8.71. The number of para-hydroxylation sites is 1. The first kappa shape index (κ1) is 12.3. The number of anilines is 1. The molecular weight excluding hydrogens is 230 g/mol.